The summed E-state index contributed by atoms with van der Waals surface area (Å²) in [6, 6.07) is 8.96. The molecule has 4 aromatic rings. The molecule has 2 aromatic carbocycles. The summed E-state index contributed by atoms with van der Waals surface area (Å²) in [5.41, 5.74) is 2.08. The normalized spacial score (nSPS) is 27.4. The maximum absolute atomic E-state index is 15.0. The number of anilines is 1. The van der Waals surface area contributed by atoms with Crippen LogP contribution in [0.3, 0.4) is 0 Å². The number of ether oxygens (including phenoxy) is 1. The van der Waals surface area contributed by atoms with Gasteiger partial charge in [0.2, 0.25) is 5.88 Å². The molecule has 0 amide bonds. The van der Waals surface area contributed by atoms with Gasteiger partial charge in [0, 0.05) is 55.7 Å². The van der Waals surface area contributed by atoms with Crippen molar-refractivity contribution in [3.8, 4) is 17.3 Å². The Morgan fingerprint density at radius 1 is 1.14 bits per heavy atom. The summed E-state index contributed by atoms with van der Waals surface area (Å²) < 4.78 is 37.6. The minimum atomic E-state index is -0.839. The van der Waals surface area contributed by atoms with Crippen molar-refractivity contribution < 1.29 is 18.6 Å². The third kappa shape index (κ3) is 4.11. The van der Waals surface area contributed by atoms with Crippen LogP contribution in [-0.4, -0.2) is 86.6 Å². The summed E-state index contributed by atoms with van der Waals surface area (Å²) in [5.74, 6) is 0.893. The third-order valence-corrected chi connectivity index (χ3v) is 9.87. The highest BCUT2D eigenvalue weighted by Gasteiger charge is 2.49. The van der Waals surface area contributed by atoms with Gasteiger partial charge in [0.25, 0.3) is 0 Å². The number of aryl methyl sites for hydroxylation is 1. The number of nitrogens with zero attached hydrogens (tertiary/aromatic N) is 6. The minimum absolute atomic E-state index is 0.0571. The first-order valence-corrected chi connectivity index (χ1v) is 15.1. The van der Waals surface area contributed by atoms with Crippen molar-refractivity contribution in [1.82, 2.24) is 30.2 Å². The molecule has 8 rings (SSSR count). The Hall–Kier alpha value is -3.57. The Kier molecular flexibility index (Phi) is 6.05. The van der Waals surface area contributed by atoms with Gasteiger partial charge in [-0.2, -0.15) is 4.98 Å². The number of halogens is 2. The van der Waals surface area contributed by atoms with E-state index in [1.165, 1.54) is 6.07 Å². The SMILES string of the molecule is CCc1c(F)ccc2cc(O)cc(-n3nnc4c(N5CC6CCC(C5)N6)nc(OC[C@@]56CCCN5CC(F)C6)cc43)c12. The monoisotopic (exact) mass is 575 g/mol. The molecule has 0 saturated carbocycles. The Balaban J connectivity index is 1.27. The lowest BCUT2D eigenvalue weighted by Gasteiger charge is -2.34. The van der Waals surface area contributed by atoms with Crippen molar-refractivity contribution in [2.75, 3.05) is 37.7 Å². The summed E-state index contributed by atoms with van der Waals surface area (Å²) >= 11 is 0. The van der Waals surface area contributed by atoms with Crippen LogP contribution in [0, 0.1) is 5.82 Å². The van der Waals surface area contributed by atoms with Crippen molar-refractivity contribution in [3.05, 3.63) is 41.7 Å². The molecule has 3 unspecified atom stereocenters. The highest BCUT2D eigenvalue weighted by Crippen LogP contribution is 2.41. The van der Waals surface area contributed by atoms with Crippen LogP contribution in [0.2, 0.25) is 0 Å². The number of pyridine rings is 1. The van der Waals surface area contributed by atoms with Crippen LogP contribution in [0.15, 0.2) is 30.3 Å². The van der Waals surface area contributed by atoms with Gasteiger partial charge in [-0.1, -0.05) is 18.2 Å². The van der Waals surface area contributed by atoms with Gasteiger partial charge in [-0.05, 0) is 61.7 Å². The highest BCUT2D eigenvalue weighted by atomic mass is 19.1. The maximum atomic E-state index is 15.0. The fourth-order valence-electron chi connectivity index (χ4n) is 7.97. The zero-order valence-corrected chi connectivity index (χ0v) is 23.7. The summed E-state index contributed by atoms with van der Waals surface area (Å²) in [7, 11) is 0. The van der Waals surface area contributed by atoms with Crippen molar-refractivity contribution in [2.45, 2.75) is 69.2 Å². The number of phenols is 1. The molecule has 0 spiro atoms. The first kappa shape index (κ1) is 26.1. The number of alkyl halides is 1. The average molecular weight is 576 g/mol. The lowest BCUT2D eigenvalue weighted by molar-refractivity contribution is 0.111. The summed E-state index contributed by atoms with van der Waals surface area (Å²) in [6.45, 7) is 5.23. The summed E-state index contributed by atoms with van der Waals surface area (Å²) in [6.07, 6.45) is 4.30. The number of fused-ring (bicyclic) bond motifs is 5. The number of aromatic nitrogens is 4. The molecule has 11 heteroatoms. The first-order chi connectivity index (χ1) is 20.4. The fourth-order valence-corrected chi connectivity index (χ4v) is 7.97. The Bertz CT molecular complexity index is 1680. The molecule has 4 aliphatic rings. The van der Waals surface area contributed by atoms with Crippen LogP contribution < -0.4 is 15.0 Å². The number of hydrogen-bond donors (Lipinski definition) is 2. The summed E-state index contributed by atoms with van der Waals surface area (Å²) in [5, 5.41) is 24.9. The van der Waals surface area contributed by atoms with Crippen molar-refractivity contribution >= 4 is 27.6 Å². The Morgan fingerprint density at radius 3 is 2.79 bits per heavy atom. The van der Waals surface area contributed by atoms with Crippen LogP contribution in [0.1, 0.15) is 44.6 Å². The van der Waals surface area contributed by atoms with Gasteiger partial charge in [0.15, 0.2) is 11.3 Å². The molecule has 4 atom stereocenters. The molecule has 2 N–H and O–H groups in total. The lowest BCUT2D eigenvalue weighted by atomic mass is 9.95. The maximum Gasteiger partial charge on any atom is 0.217 e. The van der Waals surface area contributed by atoms with Gasteiger partial charge >= 0.3 is 0 Å². The number of aromatic hydroxyl groups is 1. The molecule has 4 fully saturated rings. The largest absolute Gasteiger partial charge is 0.508 e. The van der Waals surface area contributed by atoms with Crippen molar-refractivity contribution in [2.24, 2.45) is 0 Å². The Morgan fingerprint density at radius 2 is 1.98 bits per heavy atom. The average Bonchev–Trinajstić information content (AvgIpc) is 3.73. The molecular weight excluding hydrogens is 540 g/mol. The van der Waals surface area contributed by atoms with E-state index in [0.717, 1.165) is 50.7 Å². The predicted molar refractivity (Wildman–Crippen MR) is 156 cm³/mol. The lowest BCUT2D eigenvalue weighted by Crippen LogP contribution is -2.51. The van der Waals surface area contributed by atoms with Gasteiger partial charge in [-0.15, -0.1) is 5.10 Å². The number of benzene rings is 2. The van der Waals surface area contributed by atoms with Crippen LogP contribution in [0.5, 0.6) is 11.6 Å². The van der Waals surface area contributed by atoms with Gasteiger partial charge < -0.3 is 20.1 Å². The van der Waals surface area contributed by atoms with E-state index in [-0.39, 0.29) is 17.1 Å². The van der Waals surface area contributed by atoms with Crippen molar-refractivity contribution in [1.29, 1.82) is 0 Å². The molecule has 42 heavy (non-hydrogen) atoms. The van der Waals surface area contributed by atoms with E-state index in [0.29, 0.717) is 77.4 Å². The standard InChI is InChI=1S/C31H35F2N7O2/c1-2-23-24(33)7-4-18-10-22(41)11-25(28(18)23)40-26-12-27(42-17-31-8-3-9-39(31)14-19(32)13-31)35-30(29(26)36-37-40)38-15-20-5-6-21(16-38)34-20/h4,7,10-12,19-21,34,41H,2-3,5-6,8-9,13-17H2,1H3/t19?,20?,21?,31-/m0/s1. The molecule has 220 valence electrons. The van der Waals surface area contributed by atoms with Crippen molar-refractivity contribution in [3.63, 3.8) is 0 Å². The summed E-state index contributed by atoms with van der Waals surface area (Å²) in [4.78, 5) is 9.48. The Labute approximate surface area is 242 Å². The van der Waals surface area contributed by atoms with Crippen LogP contribution in [0.4, 0.5) is 14.6 Å². The molecule has 0 radical (unpaired) electrons. The second kappa shape index (κ2) is 9.74. The smallest absolute Gasteiger partial charge is 0.217 e. The fraction of sp³-hybridized carbons (Fsp3) is 0.516. The third-order valence-electron chi connectivity index (χ3n) is 9.87. The van der Waals surface area contributed by atoms with E-state index in [1.807, 2.05) is 13.0 Å². The number of hydrogen-bond acceptors (Lipinski definition) is 8. The van der Waals surface area contributed by atoms with Gasteiger partial charge in [-0.25, -0.2) is 13.5 Å². The van der Waals surface area contributed by atoms with Gasteiger partial charge in [0.1, 0.15) is 29.9 Å². The number of phenolic OH excluding ortho intramolecular Hbond substituents is 1. The molecule has 4 aliphatic heterocycles. The minimum Gasteiger partial charge on any atom is -0.508 e. The van der Waals surface area contributed by atoms with Crippen LogP contribution >= 0.6 is 0 Å². The highest BCUT2D eigenvalue weighted by molar-refractivity contribution is 5.97. The van der Waals surface area contributed by atoms with E-state index in [1.54, 1.807) is 22.9 Å². The second-order valence-electron chi connectivity index (χ2n) is 12.5. The van der Waals surface area contributed by atoms with Crippen LogP contribution in [-0.2, 0) is 6.42 Å². The topological polar surface area (TPSA) is 91.6 Å². The van der Waals surface area contributed by atoms with E-state index in [2.05, 4.69) is 25.4 Å². The molecule has 6 heterocycles. The molecular formula is C31H35F2N7O2. The van der Waals surface area contributed by atoms with E-state index < -0.39 is 6.17 Å². The van der Waals surface area contributed by atoms with E-state index in [9.17, 15) is 9.50 Å². The van der Waals surface area contributed by atoms with Gasteiger partial charge in [0.05, 0.1) is 11.2 Å². The molecule has 0 aliphatic carbocycles. The number of rotatable bonds is 6. The zero-order chi connectivity index (χ0) is 28.6. The molecule has 9 nitrogen and oxygen atoms in total. The first-order valence-electron chi connectivity index (χ1n) is 15.1. The second-order valence-corrected chi connectivity index (χ2v) is 12.5. The van der Waals surface area contributed by atoms with E-state index in [4.69, 9.17) is 9.72 Å². The van der Waals surface area contributed by atoms with Gasteiger partial charge in [-0.3, -0.25) is 4.90 Å². The van der Waals surface area contributed by atoms with Crippen LogP contribution in [0.25, 0.3) is 27.5 Å². The predicted octanol–water partition coefficient (Wildman–Crippen LogP) is 4.27. The van der Waals surface area contributed by atoms with E-state index >= 15 is 4.39 Å². The number of nitrogens with one attached hydrogen (secondary N) is 1. The molecule has 4 saturated heterocycles. The quantitative estimate of drug-likeness (QED) is 0.352. The zero-order valence-electron chi connectivity index (χ0n) is 23.7. The number of piperazine rings is 1. The molecule has 2 aromatic heterocycles. The molecule has 2 bridgehead atoms.